The molecular formula is C14H12BrFN2O3. The summed E-state index contributed by atoms with van der Waals surface area (Å²) < 4.78 is 19.9. The first-order chi connectivity index (χ1) is 10.0. The minimum Gasteiger partial charge on any atom is -0.489 e. The number of halogens is 2. The number of nitrogens with zero attached hydrogens (tertiary/aromatic N) is 1. The van der Waals surface area contributed by atoms with E-state index in [2.05, 4.69) is 15.9 Å². The molecule has 0 atom stereocenters. The van der Waals surface area contributed by atoms with Gasteiger partial charge in [-0.15, -0.1) is 0 Å². The molecule has 5 nitrogen and oxygen atoms in total. The zero-order valence-electron chi connectivity index (χ0n) is 10.9. The predicted octanol–water partition coefficient (Wildman–Crippen LogP) is 3.53. The highest BCUT2D eigenvalue weighted by atomic mass is 79.9. The van der Waals surface area contributed by atoms with Crippen molar-refractivity contribution in [3.8, 4) is 5.75 Å². The van der Waals surface area contributed by atoms with Gasteiger partial charge in [-0.25, -0.2) is 0 Å². The van der Waals surface area contributed by atoms with Crippen LogP contribution in [0.15, 0.2) is 40.9 Å². The first-order valence-corrected chi connectivity index (χ1v) is 6.84. The Hall–Kier alpha value is -1.99. The predicted molar refractivity (Wildman–Crippen MR) is 79.4 cm³/mol. The summed E-state index contributed by atoms with van der Waals surface area (Å²) in [7, 11) is 0. The van der Waals surface area contributed by atoms with Crippen LogP contribution in [0.4, 0.5) is 10.1 Å². The van der Waals surface area contributed by atoms with Crippen LogP contribution in [0.1, 0.15) is 11.1 Å². The van der Waals surface area contributed by atoms with Crippen LogP contribution in [0.25, 0.3) is 0 Å². The van der Waals surface area contributed by atoms with Crippen molar-refractivity contribution in [2.45, 2.75) is 13.2 Å². The van der Waals surface area contributed by atoms with Crippen LogP contribution in [-0.4, -0.2) is 4.92 Å². The summed E-state index contributed by atoms with van der Waals surface area (Å²) in [5, 5.41) is 10.5. The van der Waals surface area contributed by atoms with Crippen LogP contribution in [-0.2, 0) is 13.2 Å². The van der Waals surface area contributed by atoms with Crippen LogP contribution in [0, 0.1) is 15.9 Å². The molecule has 21 heavy (non-hydrogen) atoms. The highest BCUT2D eigenvalue weighted by Crippen LogP contribution is 2.24. The third-order valence-electron chi connectivity index (χ3n) is 2.85. The van der Waals surface area contributed by atoms with Crippen molar-refractivity contribution < 1.29 is 14.1 Å². The molecule has 2 aromatic rings. The second kappa shape index (κ2) is 6.64. The number of ether oxygens (including phenoxy) is 1. The fourth-order valence-electron chi connectivity index (χ4n) is 1.75. The highest BCUT2D eigenvalue weighted by Gasteiger charge is 2.13. The number of hydrogen-bond donors (Lipinski definition) is 1. The lowest BCUT2D eigenvalue weighted by atomic mass is 10.2. The molecule has 0 saturated heterocycles. The smallest absolute Gasteiger partial charge is 0.304 e. The van der Waals surface area contributed by atoms with E-state index in [1.807, 2.05) is 6.07 Å². The molecule has 0 spiro atoms. The molecule has 0 bridgehead atoms. The molecule has 110 valence electrons. The number of nitrogens with two attached hydrogens (primary N) is 1. The van der Waals surface area contributed by atoms with Crippen molar-refractivity contribution in [1.82, 2.24) is 0 Å². The fourth-order valence-corrected chi connectivity index (χ4v) is 2.16. The quantitative estimate of drug-likeness (QED) is 0.657. The zero-order valence-corrected chi connectivity index (χ0v) is 12.5. The van der Waals surface area contributed by atoms with E-state index in [1.54, 1.807) is 12.1 Å². The van der Waals surface area contributed by atoms with Gasteiger partial charge in [-0.3, -0.25) is 10.1 Å². The van der Waals surface area contributed by atoms with Gasteiger partial charge in [-0.1, -0.05) is 15.9 Å². The average Bonchev–Trinajstić information content (AvgIpc) is 2.46. The summed E-state index contributed by atoms with van der Waals surface area (Å²) in [6.07, 6.45) is 0. The number of hydrogen-bond acceptors (Lipinski definition) is 4. The van der Waals surface area contributed by atoms with Crippen LogP contribution in [0.5, 0.6) is 5.75 Å². The van der Waals surface area contributed by atoms with E-state index in [-0.39, 0.29) is 6.61 Å². The van der Waals surface area contributed by atoms with Gasteiger partial charge in [0.1, 0.15) is 12.4 Å². The maximum Gasteiger partial charge on any atom is 0.304 e. The summed E-state index contributed by atoms with van der Waals surface area (Å²) in [6, 6.07) is 9.04. The molecule has 2 rings (SSSR count). The molecule has 2 N–H and O–H groups in total. The maximum atomic E-state index is 13.5. The van der Waals surface area contributed by atoms with Crippen LogP contribution in [0.2, 0.25) is 0 Å². The number of nitro groups is 1. The molecule has 0 radical (unpaired) electrons. The Morgan fingerprint density at radius 1 is 1.29 bits per heavy atom. The molecule has 2 aromatic carbocycles. The van der Waals surface area contributed by atoms with Crippen LogP contribution < -0.4 is 10.5 Å². The molecule has 0 heterocycles. The van der Waals surface area contributed by atoms with Crippen LogP contribution >= 0.6 is 15.9 Å². The lowest BCUT2D eigenvalue weighted by Crippen LogP contribution is -2.01. The van der Waals surface area contributed by atoms with Gasteiger partial charge in [0.2, 0.25) is 5.82 Å². The zero-order chi connectivity index (χ0) is 15.4. The Morgan fingerprint density at radius 3 is 2.67 bits per heavy atom. The Labute approximate surface area is 128 Å². The molecule has 0 unspecified atom stereocenters. The normalized spacial score (nSPS) is 10.4. The monoisotopic (exact) mass is 354 g/mol. The summed E-state index contributed by atoms with van der Waals surface area (Å²) >= 11 is 3.37. The molecule has 0 aliphatic heterocycles. The minimum absolute atomic E-state index is 0.112. The SMILES string of the molecule is NCc1cc(OCc2ccc([N+](=O)[O-])c(F)c2)ccc1Br. The lowest BCUT2D eigenvalue weighted by Gasteiger charge is -2.09. The molecule has 0 aromatic heterocycles. The molecule has 0 aliphatic rings. The Kier molecular flexibility index (Phi) is 4.87. The van der Waals surface area contributed by atoms with E-state index in [4.69, 9.17) is 10.5 Å². The van der Waals surface area contributed by atoms with E-state index in [0.29, 0.717) is 17.9 Å². The number of nitro benzene ring substituents is 1. The van der Waals surface area contributed by atoms with Crippen molar-refractivity contribution in [2.75, 3.05) is 0 Å². The minimum atomic E-state index is -0.875. The van der Waals surface area contributed by atoms with Crippen molar-refractivity contribution >= 4 is 21.6 Å². The first-order valence-electron chi connectivity index (χ1n) is 6.05. The van der Waals surface area contributed by atoms with Gasteiger partial charge in [-0.05, 0) is 41.5 Å². The number of rotatable bonds is 5. The van der Waals surface area contributed by atoms with Crippen molar-refractivity contribution in [2.24, 2.45) is 5.73 Å². The van der Waals surface area contributed by atoms with Crippen molar-refractivity contribution in [3.63, 3.8) is 0 Å². The van der Waals surface area contributed by atoms with E-state index in [0.717, 1.165) is 22.2 Å². The molecule has 0 saturated carbocycles. The number of benzene rings is 2. The fraction of sp³-hybridized carbons (Fsp3) is 0.143. The van der Waals surface area contributed by atoms with Gasteiger partial charge in [-0.2, -0.15) is 4.39 Å². The Balaban J connectivity index is 2.09. The Bertz CT molecular complexity index is 679. The summed E-state index contributed by atoms with van der Waals surface area (Å²) in [6.45, 7) is 0.477. The van der Waals surface area contributed by atoms with Gasteiger partial charge in [0.05, 0.1) is 4.92 Å². The topological polar surface area (TPSA) is 78.4 Å². The average molecular weight is 355 g/mol. The second-order valence-electron chi connectivity index (χ2n) is 4.29. The Morgan fingerprint density at radius 2 is 2.05 bits per heavy atom. The third kappa shape index (κ3) is 3.77. The van der Waals surface area contributed by atoms with Gasteiger partial charge < -0.3 is 10.5 Å². The molecule has 0 aliphatic carbocycles. The van der Waals surface area contributed by atoms with Gasteiger partial charge in [0, 0.05) is 17.1 Å². The molecule has 0 amide bonds. The van der Waals surface area contributed by atoms with Gasteiger partial charge >= 0.3 is 5.69 Å². The van der Waals surface area contributed by atoms with Gasteiger partial charge in [0.25, 0.3) is 0 Å². The second-order valence-corrected chi connectivity index (χ2v) is 5.14. The molecule has 0 fully saturated rings. The van der Waals surface area contributed by atoms with Crippen LogP contribution in [0.3, 0.4) is 0 Å². The van der Waals surface area contributed by atoms with E-state index >= 15 is 0 Å². The van der Waals surface area contributed by atoms with Crippen molar-refractivity contribution in [1.29, 1.82) is 0 Å². The first kappa shape index (κ1) is 15.4. The summed E-state index contributed by atoms with van der Waals surface area (Å²) in [4.78, 5) is 9.77. The van der Waals surface area contributed by atoms with E-state index in [9.17, 15) is 14.5 Å². The summed E-state index contributed by atoms with van der Waals surface area (Å²) in [5.41, 5.74) is 6.44. The summed E-state index contributed by atoms with van der Waals surface area (Å²) in [5.74, 6) is -0.281. The maximum absolute atomic E-state index is 13.5. The molecule has 7 heteroatoms. The highest BCUT2D eigenvalue weighted by molar-refractivity contribution is 9.10. The standard InChI is InChI=1S/C14H12BrFN2O3/c15-12-3-2-11(6-10(12)7-17)21-8-9-1-4-14(18(19)20)13(16)5-9/h1-6H,7-8,17H2. The third-order valence-corrected chi connectivity index (χ3v) is 3.63. The van der Waals surface area contributed by atoms with Crippen molar-refractivity contribution in [3.05, 3.63) is 67.9 Å². The van der Waals surface area contributed by atoms with Gasteiger partial charge in [0.15, 0.2) is 0 Å². The largest absolute Gasteiger partial charge is 0.489 e. The molecular weight excluding hydrogens is 343 g/mol. The van der Waals surface area contributed by atoms with E-state index < -0.39 is 16.4 Å². The van der Waals surface area contributed by atoms with E-state index in [1.165, 1.54) is 6.07 Å². The lowest BCUT2D eigenvalue weighted by molar-refractivity contribution is -0.387.